The minimum absolute atomic E-state index is 0.0750. The van der Waals surface area contributed by atoms with Crippen molar-refractivity contribution in [1.82, 2.24) is 4.48 Å². The van der Waals surface area contributed by atoms with E-state index in [4.69, 9.17) is 20.8 Å². The van der Waals surface area contributed by atoms with Crippen LogP contribution in [-0.4, -0.2) is 49.5 Å². The van der Waals surface area contributed by atoms with Crippen LogP contribution in [0.25, 0.3) is 28.3 Å². The minimum atomic E-state index is -4.58. The molecule has 1 fully saturated rings. The number of quaternary nitrogens is 1. The molecule has 3 aromatic carbocycles. The van der Waals surface area contributed by atoms with Crippen molar-refractivity contribution < 1.29 is 39.7 Å². The van der Waals surface area contributed by atoms with Gasteiger partial charge >= 0.3 is 11.8 Å². The van der Waals surface area contributed by atoms with Crippen molar-refractivity contribution in [2.45, 2.75) is 44.5 Å². The maximum atomic E-state index is 12.2. The fraction of sp³-hybridized carbons (Fsp3) is 0.281. The third-order valence-corrected chi connectivity index (χ3v) is 10.8. The molecule has 1 spiro atoms. The number of halogens is 1. The van der Waals surface area contributed by atoms with Gasteiger partial charge in [0.15, 0.2) is 24.0 Å². The Labute approximate surface area is 266 Å². The van der Waals surface area contributed by atoms with Crippen molar-refractivity contribution in [3.63, 3.8) is 0 Å². The predicted octanol–water partition coefficient (Wildman–Crippen LogP) is 5.33. The number of rotatable bonds is 10. The van der Waals surface area contributed by atoms with E-state index in [1.807, 2.05) is 61.5 Å². The van der Waals surface area contributed by atoms with Gasteiger partial charge < -0.3 is 18.3 Å². The third kappa shape index (κ3) is 6.06. The van der Waals surface area contributed by atoms with E-state index in [9.17, 15) is 25.9 Å². The van der Waals surface area contributed by atoms with Crippen molar-refractivity contribution in [2.24, 2.45) is 0 Å². The molecule has 2 aliphatic heterocycles. The molecule has 4 aromatic rings. The summed E-state index contributed by atoms with van der Waals surface area (Å²) in [6, 6.07) is 20.2. The molecule has 0 radical (unpaired) electrons. The molecule has 3 unspecified atom stereocenters. The normalized spacial score (nSPS) is 21.3. The number of fused-ring (bicyclic) bond motifs is 3. The van der Waals surface area contributed by atoms with Crippen LogP contribution in [0.1, 0.15) is 32.6 Å². The van der Waals surface area contributed by atoms with Gasteiger partial charge in [0.2, 0.25) is 5.58 Å². The first kappa shape index (κ1) is 31.5. The molecule has 2 aliphatic rings. The average Bonchev–Trinajstić information content (AvgIpc) is 3.53. The Morgan fingerprint density at radius 1 is 1.07 bits per heavy atom. The summed E-state index contributed by atoms with van der Waals surface area (Å²) < 4.78 is 84.8. The number of hydrogen-bond donors (Lipinski definition) is 0. The molecular weight excluding hydrogens is 640 g/mol. The molecule has 1 aromatic heterocycles. The molecule has 13 heteroatoms. The van der Waals surface area contributed by atoms with Crippen molar-refractivity contribution >= 4 is 54.7 Å². The van der Waals surface area contributed by atoms with Gasteiger partial charge in [-0.15, -0.1) is 0 Å². The summed E-state index contributed by atoms with van der Waals surface area (Å²) in [5.41, 5.74) is 4.65. The quantitative estimate of drug-likeness (QED) is 0.0955. The summed E-state index contributed by atoms with van der Waals surface area (Å²) in [6.45, 7) is 3.97. The molecule has 3 atom stereocenters. The van der Waals surface area contributed by atoms with Gasteiger partial charge in [0.1, 0.15) is 21.9 Å². The number of hydrogen-bond acceptors (Lipinski definition) is 8. The zero-order valence-electron chi connectivity index (χ0n) is 24.6. The van der Waals surface area contributed by atoms with E-state index in [0.29, 0.717) is 46.6 Å². The molecule has 0 aliphatic carbocycles. The first-order chi connectivity index (χ1) is 21.3. The highest BCUT2D eigenvalue weighted by Crippen LogP contribution is 2.57. The van der Waals surface area contributed by atoms with Crippen LogP contribution >= 0.6 is 11.6 Å². The number of allylic oxidation sites excluding steroid dienone is 2. The number of ether oxygens (including phenoxy) is 1. The Morgan fingerprint density at radius 2 is 1.82 bits per heavy atom. The average molecular weight is 671 g/mol. The highest BCUT2D eigenvalue weighted by molar-refractivity contribution is 7.86. The Hall–Kier alpha value is -3.52. The molecule has 0 saturated carbocycles. The monoisotopic (exact) mass is 670 g/mol. The fourth-order valence-corrected chi connectivity index (χ4v) is 7.47. The maximum Gasteiger partial charge on any atom is 0.374 e. The summed E-state index contributed by atoms with van der Waals surface area (Å²) in [5.74, 6) is 1.00. The largest absolute Gasteiger partial charge is 0.748 e. The molecule has 3 heterocycles. The molecule has 1 saturated heterocycles. The summed E-state index contributed by atoms with van der Waals surface area (Å²) in [5, 5.41) is -0.682. The van der Waals surface area contributed by atoms with E-state index < -0.39 is 37.3 Å². The van der Waals surface area contributed by atoms with Crippen molar-refractivity contribution in [3.8, 4) is 16.9 Å². The van der Waals surface area contributed by atoms with Crippen molar-refractivity contribution in [1.29, 1.82) is 0 Å². The molecular formula is C32H31ClN2O8S2. The second kappa shape index (κ2) is 11.7. The first-order valence-electron chi connectivity index (χ1n) is 14.5. The predicted molar refractivity (Wildman–Crippen MR) is 169 cm³/mol. The Kier molecular flexibility index (Phi) is 8.17. The summed E-state index contributed by atoms with van der Waals surface area (Å²) >= 11 is 6.24. The zero-order valence-corrected chi connectivity index (χ0v) is 26.9. The van der Waals surface area contributed by atoms with Crippen LogP contribution in [0.4, 0.5) is 5.69 Å². The van der Waals surface area contributed by atoms with Gasteiger partial charge in [-0.2, -0.15) is 4.57 Å². The molecule has 10 nitrogen and oxygen atoms in total. The van der Waals surface area contributed by atoms with Gasteiger partial charge in [0, 0.05) is 29.3 Å². The van der Waals surface area contributed by atoms with Crippen LogP contribution in [-0.2, 0) is 26.8 Å². The van der Waals surface area contributed by atoms with E-state index in [2.05, 4.69) is 0 Å². The lowest BCUT2D eigenvalue weighted by atomic mass is 10.0. The molecule has 6 rings (SSSR count). The number of aromatic nitrogens is 1. The van der Waals surface area contributed by atoms with E-state index in [1.165, 1.54) is 6.92 Å². The van der Waals surface area contributed by atoms with Crippen LogP contribution in [0.15, 0.2) is 88.7 Å². The summed E-state index contributed by atoms with van der Waals surface area (Å²) in [6.07, 6.45) is 4.14. The number of oxazole rings is 1. The molecule has 236 valence electrons. The second-order valence-electron chi connectivity index (χ2n) is 11.3. The SMILES string of the molecule is CCC(C=Cc1oc2ccc(Cl)cc2[n+]1CCCS(=O)(=O)[O-])=C1Oc2ccc(-c3ccccc3)cc2[N+]12CC2C(C)S(=O)(=O)[O-]. The van der Waals surface area contributed by atoms with Crippen LogP contribution in [0.3, 0.4) is 0 Å². The van der Waals surface area contributed by atoms with Crippen LogP contribution in [0, 0.1) is 0 Å². The van der Waals surface area contributed by atoms with Crippen molar-refractivity contribution in [2.75, 3.05) is 12.3 Å². The lowest BCUT2D eigenvalue weighted by molar-refractivity contribution is -0.677. The maximum absolute atomic E-state index is 12.2. The molecule has 0 amide bonds. The van der Waals surface area contributed by atoms with Crippen LogP contribution < -0.4 is 13.8 Å². The summed E-state index contributed by atoms with van der Waals surface area (Å²) in [4.78, 5) is 0. The Balaban J connectivity index is 1.44. The summed E-state index contributed by atoms with van der Waals surface area (Å²) in [7, 11) is -8.98. The Morgan fingerprint density at radius 3 is 2.51 bits per heavy atom. The Bertz CT molecular complexity index is 2070. The van der Waals surface area contributed by atoms with E-state index in [-0.39, 0.29) is 17.4 Å². The lowest BCUT2D eigenvalue weighted by Crippen LogP contribution is -2.36. The van der Waals surface area contributed by atoms with Gasteiger partial charge in [0.05, 0.1) is 21.8 Å². The number of nitrogens with zero attached hydrogens (tertiary/aromatic N) is 2. The highest BCUT2D eigenvalue weighted by atomic mass is 35.5. The molecule has 0 N–H and O–H groups in total. The first-order valence-corrected chi connectivity index (χ1v) is 17.9. The fourth-order valence-electron chi connectivity index (χ4n) is 6.14. The number of benzene rings is 3. The second-order valence-corrected chi connectivity index (χ2v) is 15.0. The van der Waals surface area contributed by atoms with Crippen LogP contribution in [0.5, 0.6) is 5.75 Å². The van der Waals surface area contributed by atoms with Gasteiger partial charge in [-0.05, 0) is 48.7 Å². The van der Waals surface area contributed by atoms with Crippen molar-refractivity contribution in [3.05, 3.63) is 95.2 Å². The van der Waals surface area contributed by atoms with E-state index in [1.54, 1.807) is 28.8 Å². The highest BCUT2D eigenvalue weighted by Gasteiger charge is 2.69. The zero-order chi connectivity index (χ0) is 32.1. The number of aryl methyl sites for hydroxylation is 1. The van der Waals surface area contributed by atoms with E-state index >= 15 is 0 Å². The third-order valence-electron chi connectivity index (χ3n) is 8.52. The molecule has 45 heavy (non-hydrogen) atoms. The minimum Gasteiger partial charge on any atom is -0.748 e. The lowest BCUT2D eigenvalue weighted by Gasteiger charge is -2.20. The molecule has 0 bridgehead atoms. The standard InChI is InChI=1S/C32H31ClN2O8S2/c1-3-22(11-15-31-34(16-7-17-44(36,37)38)26-19-25(33)12-14-29(26)42-31)32-35(20-28(35)21(2)45(39,40)41)27-18-24(10-13-30(27)43-32)23-8-5-4-6-9-23/h4-6,8-15,18-19,21,28H,3,7,16-17,20H2,1-2H3. The van der Waals surface area contributed by atoms with Gasteiger partial charge in [-0.25, -0.2) is 21.3 Å². The van der Waals surface area contributed by atoms with Crippen LogP contribution in [0.2, 0.25) is 5.02 Å². The topological polar surface area (TPSA) is 141 Å². The van der Waals surface area contributed by atoms with Gasteiger partial charge in [-0.1, -0.05) is 54.9 Å². The smallest absolute Gasteiger partial charge is 0.374 e. The van der Waals surface area contributed by atoms with Gasteiger partial charge in [-0.3, -0.25) is 0 Å². The van der Waals surface area contributed by atoms with Gasteiger partial charge in [0.25, 0.3) is 5.52 Å². The van der Waals surface area contributed by atoms with E-state index in [0.717, 1.165) is 22.4 Å².